The average molecular weight is 853 g/mol. The van der Waals surface area contributed by atoms with Gasteiger partial charge in [-0.2, -0.15) is 0 Å². The van der Waals surface area contributed by atoms with Crippen LogP contribution in [-0.4, -0.2) is 159 Å². The molecule has 0 aromatic rings. The molecule has 59 heavy (non-hydrogen) atoms. The van der Waals surface area contributed by atoms with Crippen LogP contribution in [0, 0.1) is 0 Å². The minimum Gasteiger partial charge on any atom is -0.379 e. The Labute approximate surface area is 363 Å². The van der Waals surface area contributed by atoms with Crippen LogP contribution in [0.1, 0.15) is 149 Å². The third-order valence-electron chi connectivity index (χ3n) is 9.63. The monoisotopic (exact) mass is 853 g/mol. The summed E-state index contributed by atoms with van der Waals surface area (Å²) in [5.74, 6) is 0. The number of ether oxygens (including phenoxy) is 12. The zero-order valence-corrected chi connectivity index (χ0v) is 38.7. The van der Waals surface area contributed by atoms with Crippen molar-refractivity contribution in [2.24, 2.45) is 0 Å². The summed E-state index contributed by atoms with van der Waals surface area (Å²) in [6, 6.07) is 0. The molecule has 0 amide bonds. The lowest BCUT2D eigenvalue weighted by molar-refractivity contribution is -0.0284. The zero-order chi connectivity index (χ0) is 42.3. The summed E-state index contributed by atoms with van der Waals surface area (Å²) in [7, 11) is 0. The fourth-order valence-corrected chi connectivity index (χ4v) is 6.08. The van der Waals surface area contributed by atoms with E-state index in [1.54, 1.807) is 0 Å². The first-order valence-electron chi connectivity index (χ1n) is 24.3. The van der Waals surface area contributed by atoms with Crippen molar-refractivity contribution >= 4 is 0 Å². The first-order chi connectivity index (χ1) is 29.4. The lowest BCUT2D eigenvalue weighted by Crippen LogP contribution is -2.15. The summed E-state index contributed by atoms with van der Waals surface area (Å²) in [5, 5.41) is 0. The topological polar surface area (TPSA) is 111 Å². The minimum absolute atomic E-state index is 0.523. The van der Waals surface area contributed by atoms with E-state index in [1.165, 1.54) is 122 Å². The molecule has 12 nitrogen and oxygen atoms in total. The second-order valence-electron chi connectivity index (χ2n) is 15.1. The van der Waals surface area contributed by atoms with Crippen LogP contribution in [0.15, 0.2) is 0 Å². The van der Waals surface area contributed by atoms with Crippen molar-refractivity contribution in [3.05, 3.63) is 0 Å². The molecule has 0 aromatic carbocycles. The molecule has 0 aliphatic carbocycles. The van der Waals surface area contributed by atoms with E-state index in [1.807, 2.05) is 0 Å². The maximum absolute atomic E-state index is 5.69. The van der Waals surface area contributed by atoms with Crippen LogP contribution in [0.3, 0.4) is 0 Å². The molecular formula is C47H96O12. The predicted molar refractivity (Wildman–Crippen MR) is 238 cm³/mol. The molecule has 0 saturated carbocycles. The maximum atomic E-state index is 5.69. The van der Waals surface area contributed by atoms with Gasteiger partial charge < -0.3 is 56.8 Å². The van der Waals surface area contributed by atoms with Crippen molar-refractivity contribution < 1.29 is 56.8 Å². The molecule has 0 fully saturated rings. The van der Waals surface area contributed by atoms with Crippen LogP contribution in [0.4, 0.5) is 0 Å². The number of hydrogen-bond acceptors (Lipinski definition) is 12. The largest absolute Gasteiger partial charge is 0.379 e. The van der Waals surface area contributed by atoms with E-state index < -0.39 is 0 Å². The molecule has 356 valence electrons. The zero-order valence-electron chi connectivity index (χ0n) is 38.7. The smallest absolute Gasteiger partial charge is 0.0701 e. The molecule has 0 heterocycles. The number of unbranched alkanes of at least 4 members (excludes halogenated alkanes) is 19. The van der Waals surface area contributed by atoms with Crippen molar-refractivity contribution in [3.8, 4) is 0 Å². The number of rotatable bonds is 56. The third-order valence-corrected chi connectivity index (χ3v) is 9.63. The van der Waals surface area contributed by atoms with E-state index in [0.29, 0.717) is 145 Å². The first-order valence-corrected chi connectivity index (χ1v) is 24.3. The third kappa shape index (κ3) is 57.5. The van der Waals surface area contributed by atoms with E-state index in [9.17, 15) is 0 Å². The fraction of sp³-hybridized carbons (Fsp3) is 1.00. The molecule has 0 bridgehead atoms. The summed E-state index contributed by atoms with van der Waals surface area (Å²) >= 11 is 0. The Morgan fingerprint density at radius 3 is 0.407 bits per heavy atom. The Balaban J connectivity index is 3.06. The van der Waals surface area contributed by atoms with Crippen molar-refractivity contribution in [2.45, 2.75) is 149 Å². The Kier molecular flexibility index (Phi) is 57.1. The second-order valence-corrected chi connectivity index (χ2v) is 15.1. The predicted octanol–water partition coefficient (Wildman–Crippen LogP) is 9.42. The van der Waals surface area contributed by atoms with Crippen LogP contribution in [-0.2, 0) is 56.8 Å². The van der Waals surface area contributed by atoms with Crippen LogP contribution in [0.25, 0.3) is 0 Å². The molecular weight excluding hydrogens is 757 g/mol. The van der Waals surface area contributed by atoms with Crippen molar-refractivity contribution in [1.82, 2.24) is 0 Å². The van der Waals surface area contributed by atoms with Gasteiger partial charge in [0.2, 0.25) is 0 Å². The van der Waals surface area contributed by atoms with Gasteiger partial charge in [-0.1, -0.05) is 136 Å². The summed E-state index contributed by atoms with van der Waals surface area (Å²) in [5.41, 5.74) is 0. The molecule has 0 aromatic heterocycles. The minimum atomic E-state index is 0.523. The highest BCUT2D eigenvalue weighted by atomic mass is 16.6. The van der Waals surface area contributed by atoms with Gasteiger partial charge in [0.25, 0.3) is 0 Å². The molecule has 0 atom stereocenters. The quantitative estimate of drug-likeness (QED) is 0.0544. The van der Waals surface area contributed by atoms with Gasteiger partial charge in [-0.3, -0.25) is 0 Å². The average Bonchev–Trinajstić information content (AvgIpc) is 3.25. The van der Waals surface area contributed by atoms with Crippen molar-refractivity contribution in [2.75, 3.05) is 159 Å². The van der Waals surface area contributed by atoms with E-state index in [2.05, 4.69) is 13.8 Å². The normalized spacial score (nSPS) is 11.7. The van der Waals surface area contributed by atoms with Gasteiger partial charge in [-0.05, 0) is 12.8 Å². The van der Waals surface area contributed by atoms with Crippen LogP contribution in [0.2, 0.25) is 0 Å². The molecule has 0 rings (SSSR count). The van der Waals surface area contributed by atoms with Crippen molar-refractivity contribution in [1.29, 1.82) is 0 Å². The van der Waals surface area contributed by atoms with Gasteiger partial charge in [0.05, 0.1) is 145 Å². The highest BCUT2D eigenvalue weighted by Gasteiger charge is 1.99. The molecule has 0 aliphatic rings. The van der Waals surface area contributed by atoms with Crippen LogP contribution >= 0.6 is 0 Å². The SMILES string of the molecule is CCCCCCCCCCCCCCCOCCOCCOCCOCCOCCOCCOCCOCCOCCOCCOCCOCCCCCCCCCC. The second kappa shape index (κ2) is 57.5. The van der Waals surface area contributed by atoms with Gasteiger partial charge in [-0.25, -0.2) is 0 Å². The Morgan fingerprint density at radius 2 is 0.254 bits per heavy atom. The van der Waals surface area contributed by atoms with Crippen LogP contribution in [0.5, 0.6) is 0 Å². The summed E-state index contributed by atoms with van der Waals surface area (Å²) < 4.78 is 66.7. The van der Waals surface area contributed by atoms with Gasteiger partial charge in [0.1, 0.15) is 0 Å². The molecule has 0 saturated heterocycles. The summed E-state index contributed by atoms with van der Waals surface area (Å²) in [4.78, 5) is 0. The molecule has 0 aliphatic heterocycles. The lowest BCUT2D eigenvalue weighted by Gasteiger charge is -2.09. The maximum Gasteiger partial charge on any atom is 0.0701 e. The summed E-state index contributed by atoms with van der Waals surface area (Å²) in [6.45, 7) is 18.4. The summed E-state index contributed by atoms with van der Waals surface area (Å²) in [6.07, 6.45) is 28.3. The highest BCUT2D eigenvalue weighted by molar-refractivity contribution is 4.50. The molecule has 0 unspecified atom stereocenters. The molecule has 0 spiro atoms. The first kappa shape index (κ1) is 58.5. The van der Waals surface area contributed by atoms with Crippen molar-refractivity contribution in [3.63, 3.8) is 0 Å². The van der Waals surface area contributed by atoms with Gasteiger partial charge >= 0.3 is 0 Å². The van der Waals surface area contributed by atoms with Crippen LogP contribution < -0.4 is 0 Å². The van der Waals surface area contributed by atoms with E-state index >= 15 is 0 Å². The van der Waals surface area contributed by atoms with E-state index in [4.69, 9.17) is 56.8 Å². The molecule has 0 radical (unpaired) electrons. The Bertz CT molecular complexity index is 652. The van der Waals surface area contributed by atoms with E-state index in [0.717, 1.165) is 26.1 Å². The van der Waals surface area contributed by atoms with Gasteiger partial charge in [-0.15, -0.1) is 0 Å². The van der Waals surface area contributed by atoms with Gasteiger partial charge in [0.15, 0.2) is 0 Å². The fourth-order valence-electron chi connectivity index (χ4n) is 6.08. The Hall–Kier alpha value is -0.480. The Morgan fingerprint density at radius 1 is 0.136 bits per heavy atom. The molecule has 12 heteroatoms. The highest BCUT2D eigenvalue weighted by Crippen LogP contribution is 2.12. The molecule has 0 N–H and O–H groups in total. The van der Waals surface area contributed by atoms with Gasteiger partial charge in [0, 0.05) is 13.2 Å². The number of hydrogen-bond donors (Lipinski definition) is 0. The van der Waals surface area contributed by atoms with E-state index in [-0.39, 0.29) is 0 Å². The lowest BCUT2D eigenvalue weighted by atomic mass is 10.0. The standard InChI is InChI=1S/C47H96O12/c1-3-5-7-9-11-13-14-15-16-17-19-21-23-25-49-27-29-51-31-33-53-35-37-55-39-41-57-43-45-59-47-46-58-44-42-56-40-38-54-36-34-52-32-30-50-28-26-48-24-22-20-18-12-10-8-6-4-2/h3-47H2,1-2H3.